The molecule has 2 aromatic carbocycles. The number of benzene rings is 2. The molecule has 4 nitrogen and oxygen atoms in total. The Kier molecular flexibility index (Phi) is 4.61. The van der Waals surface area contributed by atoms with E-state index in [2.05, 4.69) is 10.2 Å². The van der Waals surface area contributed by atoms with E-state index in [1.54, 1.807) is 24.3 Å². The molecule has 0 spiro atoms. The first-order chi connectivity index (χ1) is 10.8. The molecule has 114 valence electrons. The number of nitrogens with one attached hydrogen (secondary N) is 1. The molecule has 1 aliphatic heterocycles. The lowest BCUT2D eigenvalue weighted by Crippen LogP contribution is -2.36. The number of hydrogen-bond acceptors (Lipinski definition) is 3. The first kappa shape index (κ1) is 14.9. The van der Waals surface area contributed by atoms with Crippen LogP contribution in [0.1, 0.15) is 10.4 Å². The molecule has 1 N–H and O–H groups in total. The van der Waals surface area contributed by atoms with Crippen molar-refractivity contribution in [1.82, 2.24) is 0 Å². The number of hydrogen-bond donors (Lipinski definition) is 1. The SMILES string of the molecule is O=C(Nc1ccccc1N1CCOCC1)c1ccccc1Cl. The van der Waals surface area contributed by atoms with E-state index >= 15 is 0 Å². The Morgan fingerprint density at radius 2 is 1.73 bits per heavy atom. The fourth-order valence-electron chi connectivity index (χ4n) is 2.49. The Bertz CT molecular complexity index is 669. The number of rotatable bonds is 3. The van der Waals surface area contributed by atoms with Crippen molar-refractivity contribution in [3.05, 3.63) is 59.1 Å². The number of ether oxygens (including phenoxy) is 1. The zero-order valence-electron chi connectivity index (χ0n) is 12.1. The van der Waals surface area contributed by atoms with E-state index in [4.69, 9.17) is 16.3 Å². The van der Waals surface area contributed by atoms with E-state index in [-0.39, 0.29) is 5.91 Å². The second-order valence-electron chi connectivity index (χ2n) is 5.05. The van der Waals surface area contributed by atoms with Crippen molar-refractivity contribution in [2.24, 2.45) is 0 Å². The summed E-state index contributed by atoms with van der Waals surface area (Å²) >= 11 is 6.09. The van der Waals surface area contributed by atoms with Crippen molar-refractivity contribution in [2.75, 3.05) is 36.5 Å². The number of amides is 1. The summed E-state index contributed by atoms with van der Waals surface area (Å²) in [4.78, 5) is 14.6. The van der Waals surface area contributed by atoms with Crippen molar-refractivity contribution >= 4 is 28.9 Å². The molecule has 0 unspecified atom stereocenters. The highest BCUT2D eigenvalue weighted by Crippen LogP contribution is 2.27. The monoisotopic (exact) mass is 316 g/mol. The molecule has 0 radical (unpaired) electrons. The van der Waals surface area contributed by atoms with Crippen LogP contribution >= 0.6 is 11.6 Å². The zero-order valence-corrected chi connectivity index (χ0v) is 12.8. The van der Waals surface area contributed by atoms with Crippen molar-refractivity contribution in [3.63, 3.8) is 0 Å². The molecule has 0 aromatic heterocycles. The number of anilines is 2. The Balaban J connectivity index is 1.83. The van der Waals surface area contributed by atoms with E-state index in [0.29, 0.717) is 23.8 Å². The van der Waals surface area contributed by atoms with Gasteiger partial charge in [0, 0.05) is 13.1 Å². The molecular formula is C17H17ClN2O2. The first-order valence-corrected chi connectivity index (χ1v) is 7.61. The molecule has 1 heterocycles. The van der Waals surface area contributed by atoms with E-state index in [1.165, 1.54) is 0 Å². The van der Waals surface area contributed by atoms with Gasteiger partial charge in [-0.05, 0) is 24.3 Å². The summed E-state index contributed by atoms with van der Waals surface area (Å²) in [7, 11) is 0. The number of nitrogens with zero attached hydrogens (tertiary/aromatic N) is 1. The fraction of sp³-hybridized carbons (Fsp3) is 0.235. The molecule has 1 saturated heterocycles. The molecule has 0 saturated carbocycles. The normalized spacial score (nSPS) is 14.7. The number of morpholine rings is 1. The van der Waals surface area contributed by atoms with Crippen LogP contribution in [0.4, 0.5) is 11.4 Å². The molecule has 5 heteroatoms. The second kappa shape index (κ2) is 6.81. The summed E-state index contributed by atoms with van der Waals surface area (Å²) in [6.45, 7) is 3.04. The molecule has 0 bridgehead atoms. The molecule has 22 heavy (non-hydrogen) atoms. The minimum Gasteiger partial charge on any atom is -0.378 e. The number of halogens is 1. The minimum atomic E-state index is -0.202. The van der Waals surface area contributed by atoms with Gasteiger partial charge in [-0.25, -0.2) is 0 Å². The lowest BCUT2D eigenvalue weighted by atomic mass is 10.2. The van der Waals surface area contributed by atoms with Gasteiger partial charge in [0.15, 0.2) is 0 Å². The zero-order chi connectivity index (χ0) is 15.4. The average molecular weight is 317 g/mol. The molecule has 1 aliphatic rings. The van der Waals surface area contributed by atoms with Crippen LogP contribution in [0, 0.1) is 0 Å². The van der Waals surface area contributed by atoms with Crippen molar-refractivity contribution in [2.45, 2.75) is 0 Å². The van der Waals surface area contributed by atoms with Gasteiger partial charge in [-0.3, -0.25) is 4.79 Å². The Morgan fingerprint density at radius 1 is 1.05 bits per heavy atom. The summed E-state index contributed by atoms with van der Waals surface area (Å²) < 4.78 is 5.38. The first-order valence-electron chi connectivity index (χ1n) is 7.23. The quantitative estimate of drug-likeness (QED) is 0.943. The molecule has 1 amide bonds. The van der Waals surface area contributed by atoms with Crippen molar-refractivity contribution < 1.29 is 9.53 Å². The van der Waals surface area contributed by atoms with Gasteiger partial charge >= 0.3 is 0 Å². The Labute approximate surface area is 134 Å². The lowest BCUT2D eigenvalue weighted by molar-refractivity contribution is 0.102. The Morgan fingerprint density at radius 3 is 2.50 bits per heavy atom. The fourth-order valence-corrected chi connectivity index (χ4v) is 2.72. The predicted octanol–water partition coefficient (Wildman–Crippen LogP) is 3.43. The van der Waals surface area contributed by atoms with Crippen LogP contribution in [-0.2, 0) is 4.74 Å². The van der Waals surface area contributed by atoms with Crippen LogP contribution in [0.3, 0.4) is 0 Å². The van der Waals surface area contributed by atoms with Crippen LogP contribution in [0.5, 0.6) is 0 Å². The van der Waals surface area contributed by atoms with Crippen LogP contribution in [0.25, 0.3) is 0 Å². The third-order valence-corrected chi connectivity index (χ3v) is 3.95. The summed E-state index contributed by atoms with van der Waals surface area (Å²) in [5.74, 6) is -0.202. The second-order valence-corrected chi connectivity index (χ2v) is 5.46. The van der Waals surface area contributed by atoms with Gasteiger partial charge in [-0.15, -0.1) is 0 Å². The Hall–Kier alpha value is -2.04. The van der Waals surface area contributed by atoms with E-state index < -0.39 is 0 Å². The molecule has 3 rings (SSSR count). The molecule has 2 aromatic rings. The van der Waals surface area contributed by atoms with Gasteiger partial charge in [-0.1, -0.05) is 35.9 Å². The number of carbonyl (C=O) groups is 1. The predicted molar refractivity (Wildman–Crippen MR) is 88.9 cm³/mol. The minimum absolute atomic E-state index is 0.202. The van der Waals surface area contributed by atoms with E-state index in [1.807, 2.05) is 24.3 Å². The van der Waals surface area contributed by atoms with Gasteiger partial charge in [-0.2, -0.15) is 0 Å². The van der Waals surface area contributed by atoms with Gasteiger partial charge in [0.25, 0.3) is 5.91 Å². The average Bonchev–Trinajstić information content (AvgIpc) is 2.56. The van der Waals surface area contributed by atoms with Crippen LogP contribution in [-0.4, -0.2) is 32.2 Å². The highest BCUT2D eigenvalue weighted by molar-refractivity contribution is 6.34. The van der Waals surface area contributed by atoms with Crippen LogP contribution in [0.15, 0.2) is 48.5 Å². The van der Waals surface area contributed by atoms with Gasteiger partial charge in [0.05, 0.1) is 35.2 Å². The summed E-state index contributed by atoms with van der Waals surface area (Å²) in [6.07, 6.45) is 0. The maximum Gasteiger partial charge on any atom is 0.257 e. The maximum atomic E-state index is 12.4. The third kappa shape index (κ3) is 3.24. The summed E-state index contributed by atoms with van der Waals surface area (Å²) in [5, 5.41) is 3.41. The standard InChI is InChI=1S/C17H17ClN2O2/c18-14-6-2-1-5-13(14)17(21)19-15-7-3-4-8-16(15)20-9-11-22-12-10-20/h1-8H,9-12H2,(H,19,21). The molecular weight excluding hydrogens is 300 g/mol. The molecule has 1 fully saturated rings. The van der Waals surface area contributed by atoms with E-state index in [0.717, 1.165) is 24.5 Å². The van der Waals surface area contributed by atoms with Crippen molar-refractivity contribution in [1.29, 1.82) is 0 Å². The summed E-state index contributed by atoms with van der Waals surface area (Å²) in [5.41, 5.74) is 2.27. The van der Waals surface area contributed by atoms with Crippen molar-refractivity contribution in [3.8, 4) is 0 Å². The van der Waals surface area contributed by atoms with Crippen LogP contribution < -0.4 is 10.2 Å². The lowest BCUT2D eigenvalue weighted by Gasteiger charge is -2.30. The van der Waals surface area contributed by atoms with Gasteiger partial charge in [0.1, 0.15) is 0 Å². The molecule has 0 aliphatic carbocycles. The molecule has 0 atom stereocenters. The van der Waals surface area contributed by atoms with Crippen LogP contribution in [0.2, 0.25) is 5.02 Å². The summed E-state index contributed by atoms with van der Waals surface area (Å²) in [6, 6.07) is 14.8. The smallest absolute Gasteiger partial charge is 0.257 e. The maximum absolute atomic E-state index is 12.4. The topological polar surface area (TPSA) is 41.6 Å². The number of carbonyl (C=O) groups excluding carboxylic acids is 1. The third-order valence-electron chi connectivity index (χ3n) is 3.62. The highest BCUT2D eigenvalue weighted by atomic mass is 35.5. The largest absolute Gasteiger partial charge is 0.378 e. The van der Waals surface area contributed by atoms with Gasteiger partial charge in [0.2, 0.25) is 0 Å². The highest BCUT2D eigenvalue weighted by Gasteiger charge is 2.17. The van der Waals surface area contributed by atoms with Gasteiger partial charge < -0.3 is 15.0 Å². The number of para-hydroxylation sites is 2. The van der Waals surface area contributed by atoms with E-state index in [9.17, 15) is 4.79 Å².